The first-order valence-electron chi connectivity index (χ1n) is 7.60. The third kappa shape index (κ3) is 2.87. The lowest BCUT2D eigenvalue weighted by Gasteiger charge is -2.27. The lowest BCUT2D eigenvalue weighted by atomic mass is 10.0. The van der Waals surface area contributed by atoms with Crippen LogP contribution in [0.1, 0.15) is 25.7 Å². The van der Waals surface area contributed by atoms with Crippen LogP contribution >= 0.6 is 0 Å². The van der Waals surface area contributed by atoms with E-state index in [4.69, 9.17) is 5.26 Å². The predicted molar refractivity (Wildman–Crippen MR) is 81.7 cm³/mol. The molecular weight excluding hydrogens is 262 g/mol. The number of carbonyl (C=O) groups excluding carboxylic acids is 1. The van der Waals surface area contributed by atoms with Gasteiger partial charge >= 0.3 is 0 Å². The minimum absolute atomic E-state index is 0.151. The Morgan fingerprint density at radius 3 is 2.76 bits per heavy atom. The van der Waals surface area contributed by atoms with E-state index in [2.05, 4.69) is 30.1 Å². The third-order valence-corrected chi connectivity index (χ3v) is 4.81. The Kier molecular flexibility index (Phi) is 3.59. The van der Waals surface area contributed by atoms with Crippen LogP contribution in [0.25, 0.3) is 0 Å². The van der Waals surface area contributed by atoms with Gasteiger partial charge in [-0.1, -0.05) is 18.2 Å². The van der Waals surface area contributed by atoms with E-state index in [1.165, 1.54) is 5.69 Å². The van der Waals surface area contributed by atoms with Crippen LogP contribution in [-0.4, -0.2) is 37.0 Å². The lowest BCUT2D eigenvalue weighted by Crippen LogP contribution is -2.37. The van der Waals surface area contributed by atoms with E-state index in [-0.39, 0.29) is 11.3 Å². The second-order valence-corrected chi connectivity index (χ2v) is 6.30. The van der Waals surface area contributed by atoms with Crippen molar-refractivity contribution in [1.29, 1.82) is 5.26 Å². The first-order chi connectivity index (χ1) is 10.1. The van der Waals surface area contributed by atoms with Crippen molar-refractivity contribution in [3.8, 4) is 6.07 Å². The lowest BCUT2D eigenvalue weighted by molar-refractivity contribution is -0.131. The summed E-state index contributed by atoms with van der Waals surface area (Å²) in [6.45, 7) is 1.58. The molecule has 4 nitrogen and oxygen atoms in total. The van der Waals surface area contributed by atoms with E-state index >= 15 is 0 Å². The number of anilines is 1. The zero-order valence-electron chi connectivity index (χ0n) is 12.5. The number of likely N-dealkylation sites (tertiary alicyclic amines) is 1. The number of likely N-dealkylation sites (N-methyl/N-ethyl adjacent to an activating group) is 1. The van der Waals surface area contributed by atoms with Gasteiger partial charge in [-0.3, -0.25) is 4.79 Å². The third-order valence-electron chi connectivity index (χ3n) is 4.81. The summed E-state index contributed by atoms with van der Waals surface area (Å²) in [6.07, 6.45) is 3.18. The van der Waals surface area contributed by atoms with Gasteiger partial charge in [0.1, 0.15) is 0 Å². The molecule has 1 aliphatic heterocycles. The molecule has 0 aromatic heterocycles. The zero-order chi connectivity index (χ0) is 14.9. The molecule has 1 atom stereocenters. The Bertz CT molecular complexity index is 559. The average molecular weight is 283 g/mol. The number of amides is 1. The number of hydrogen-bond acceptors (Lipinski definition) is 3. The van der Waals surface area contributed by atoms with E-state index in [0.717, 1.165) is 32.4 Å². The smallest absolute Gasteiger partial charge is 0.224 e. The van der Waals surface area contributed by atoms with Crippen LogP contribution in [0.2, 0.25) is 0 Å². The molecule has 0 N–H and O–H groups in total. The molecule has 1 amide bonds. The number of para-hydroxylation sites is 1. The van der Waals surface area contributed by atoms with Crippen molar-refractivity contribution in [1.82, 2.24) is 4.90 Å². The molecule has 0 bridgehead atoms. The molecule has 110 valence electrons. The van der Waals surface area contributed by atoms with E-state index < -0.39 is 0 Å². The maximum atomic E-state index is 12.3. The highest BCUT2D eigenvalue weighted by atomic mass is 16.2. The molecule has 21 heavy (non-hydrogen) atoms. The van der Waals surface area contributed by atoms with Crippen LogP contribution in [0.5, 0.6) is 0 Å². The summed E-state index contributed by atoms with van der Waals surface area (Å²) in [6, 6.07) is 13.0. The normalized spacial score (nSPS) is 22.7. The fourth-order valence-electron chi connectivity index (χ4n) is 3.04. The Balaban J connectivity index is 1.58. The van der Waals surface area contributed by atoms with E-state index in [1.54, 1.807) is 0 Å². The van der Waals surface area contributed by atoms with Gasteiger partial charge in [-0.2, -0.15) is 5.26 Å². The second kappa shape index (κ2) is 5.40. The molecule has 2 fully saturated rings. The topological polar surface area (TPSA) is 47.3 Å². The quantitative estimate of drug-likeness (QED) is 0.852. The van der Waals surface area contributed by atoms with Gasteiger partial charge in [0, 0.05) is 38.3 Å². The average Bonchev–Trinajstić information content (AvgIpc) is 3.12. The van der Waals surface area contributed by atoms with Gasteiger partial charge in [-0.25, -0.2) is 0 Å². The van der Waals surface area contributed by atoms with Crippen LogP contribution in [-0.2, 0) is 4.79 Å². The van der Waals surface area contributed by atoms with Crippen molar-refractivity contribution in [2.45, 2.75) is 31.7 Å². The van der Waals surface area contributed by atoms with E-state index in [0.29, 0.717) is 12.5 Å². The van der Waals surface area contributed by atoms with Gasteiger partial charge in [-0.05, 0) is 31.4 Å². The summed E-state index contributed by atoms with van der Waals surface area (Å²) in [5, 5.41) is 9.11. The molecular formula is C17H21N3O. The summed E-state index contributed by atoms with van der Waals surface area (Å²) in [4.78, 5) is 16.5. The van der Waals surface area contributed by atoms with Crippen molar-refractivity contribution in [3.05, 3.63) is 30.3 Å². The SMILES string of the molecule is CN(c1ccccc1)C1CCN(C(=O)CC2(C#N)CC2)C1. The first-order valence-corrected chi connectivity index (χ1v) is 7.60. The summed E-state index contributed by atoms with van der Waals surface area (Å²) in [7, 11) is 2.09. The van der Waals surface area contributed by atoms with Crippen molar-refractivity contribution in [2.75, 3.05) is 25.0 Å². The van der Waals surface area contributed by atoms with Crippen LogP contribution in [0.3, 0.4) is 0 Å². The minimum Gasteiger partial charge on any atom is -0.370 e. The van der Waals surface area contributed by atoms with Crippen molar-refractivity contribution in [3.63, 3.8) is 0 Å². The Hall–Kier alpha value is -2.02. The molecule has 0 spiro atoms. The van der Waals surface area contributed by atoms with Gasteiger partial charge in [0.05, 0.1) is 11.5 Å². The van der Waals surface area contributed by atoms with Crippen LogP contribution in [0.4, 0.5) is 5.69 Å². The molecule has 3 rings (SSSR count). The summed E-state index contributed by atoms with van der Waals surface area (Å²) in [5.41, 5.74) is 0.855. The maximum Gasteiger partial charge on any atom is 0.224 e. The van der Waals surface area contributed by atoms with Crippen LogP contribution in [0.15, 0.2) is 30.3 Å². The zero-order valence-corrected chi connectivity index (χ0v) is 12.5. The highest BCUT2D eigenvalue weighted by Gasteiger charge is 2.46. The van der Waals surface area contributed by atoms with Gasteiger partial charge in [0.2, 0.25) is 5.91 Å². The minimum atomic E-state index is -0.333. The highest BCUT2D eigenvalue weighted by Crippen LogP contribution is 2.48. The fourth-order valence-corrected chi connectivity index (χ4v) is 3.04. The molecule has 1 saturated carbocycles. The molecule has 1 heterocycles. The Morgan fingerprint density at radius 2 is 2.14 bits per heavy atom. The van der Waals surface area contributed by atoms with Gasteiger partial charge in [0.15, 0.2) is 0 Å². The van der Waals surface area contributed by atoms with Crippen molar-refractivity contribution >= 4 is 11.6 Å². The maximum absolute atomic E-state index is 12.3. The summed E-state index contributed by atoms with van der Waals surface area (Å²) >= 11 is 0. The number of rotatable bonds is 4. The number of carbonyl (C=O) groups is 1. The first kappa shape index (κ1) is 13.9. The highest BCUT2D eigenvalue weighted by molar-refractivity contribution is 5.78. The molecule has 1 aliphatic carbocycles. The fraction of sp³-hybridized carbons (Fsp3) is 0.529. The van der Waals surface area contributed by atoms with Crippen molar-refractivity contribution < 1.29 is 4.79 Å². The van der Waals surface area contributed by atoms with Gasteiger partial charge < -0.3 is 9.80 Å². The monoisotopic (exact) mass is 283 g/mol. The molecule has 2 aliphatic rings. The number of benzene rings is 1. The van der Waals surface area contributed by atoms with Crippen LogP contribution in [0, 0.1) is 16.7 Å². The number of nitriles is 1. The van der Waals surface area contributed by atoms with E-state index in [1.807, 2.05) is 23.1 Å². The van der Waals surface area contributed by atoms with Gasteiger partial charge in [0.25, 0.3) is 0 Å². The molecule has 1 aromatic carbocycles. The molecule has 4 heteroatoms. The Morgan fingerprint density at radius 1 is 1.43 bits per heavy atom. The van der Waals surface area contributed by atoms with Crippen molar-refractivity contribution in [2.24, 2.45) is 5.41 Å². The standard InChI is InChI=1S/C17H21N3O/c1-19(14-5-3-2-4-6-14)15-7-10-20(12-15)16(21)11-17(13-18)8-9-17/h2-6,15H,7-12H2,1H3. The molecule has 0 radical (unpaired) electrons. The summed E-state index contributed by atoms with van der Waals surface area (Å²) < 4.78 is 0. The number of hydrogen-bond donors (Lipinski definition) is 0. The molecule has 1 aromatic rings. The van der Waals surface area contributed by atoms with Gasteiger partial charge in [-0.15, -0.1) is 0 Å². The largest absolute Gasteiger partial charge is 0.370 e. The second-order valence-electron chi connectivity index (χ2n) is 6.30. The van der Waals surface area contributed by atoms with Crippen LogP contribution < -0.4 is 4.90 Å². The van der Waals surface area contributed by atoms with E-state index in [9.17, 15) is 4.79 Å². The predicted octanol–water partition coefficient (Wildman–Crippen LogP) is 2.42. The summed E-state index contributed by atoms with van der Waals surface area (Å²) in [5.74, 6) is 0.151. The Labute approximate surface area is 126 Å². The molecule has 1 saturated heterocycles. The number of nitrogens with zero attached hydrogens (tertiary/aromatic N) is 3. The molecule has 1 unspecified atom stereocenters.